The van der Waals surface area contributed by atoms with Crippen molar-refractivity contribution in [1.82, 2.24) is 14.8 Å². The van der Waals surface area contributed by atoms with Crippen molar-refractivity contribution in [2.75, 3.05) is 20.2 Å². The van der Waals surface area contributed by atoms with Crippen LogP contribution in [0.1, 0.15) is 23.3 Å². The first kappa shape index (κ1) is 14.7. The minimum absolute atomic E-state index is 0.125. The molecule has 0 atom stereocenters. The summed E-state index contributed by atoms with van der Waals surface area (Å²) in [5.41, 5.74) is 1.33. The molecule has 1 N–H and O–H groups in total. The number of nitrogens with zero attached hydrogens (tertiary/aromatic N) is 2. The molecule has 0 saturated carbocycles. The van der Waals surface area contributed by atoms with Crippen LogP contribution in [0.3, 0.4) is 0 Å². The van der Waals surface area contributed by atoms with Gasteiger partial charge in [0.05, 0.1) is 13.2 Å². The Hall–Kier alpha value is -2.83. The topological polar surface area (TPSA) is 82.7 Å². The Morgan fingerprint density at radius 2 is 1.88 bits per heavy atom. The van der Waals surface area contributed by atoms with E-state index in [1.165, 1.54) is 4.90 Å². The molecule has 0 radical (unpaired) electrons. The Morgan fingerprint density at radius 3 is 2.54 bits per heavy atom. The average molecular weight is 327 g/mol. The summed E-state index contributed by atoms with van der Waals surface area (Å²) in [6.45, 7) is 0.796. The van der Waals surface area contributed by atoms with E-state index in [9.17, 15) is 14.4 Å². The van der Waals surface area contributed by atoms with Crippen LogP contribution in [0.25, 0.3) is 10.9 Å². The number of carbonyl (C=O) groups excluding carboxylic acids is 3. The van der Waals surface area contributed by atoms with Crippen LogP contribution in [0.5, 0.6) is 5.75 Å². The SMILES string of the molecule is COc1ccc2cc(C(=O)N3CC(N4C(=O)CCC4=O)C3)[nH]c2c1. The number of rotatable bonds is 3. The van der Waals surface area contributed by atoms with Crippen LogP contribution in [0.2, 0.25) is 0 Å². The van der Waals surface area contributed by atoms with Crippen LogP contribution in [0, 0.1) is 0 Å². The Bertz CT molecular complexity index is 835. The van der Waals surface area contributed by atoms with Gasteiger partial charge in [-0.2, -0.15) is 0 Å². The molecule has 2 aliphatic rings. The van der Waals surface area contributed by atoms with E-state index >= 15 is 0 Å². The first-order valence-electron chi connectivity index (χ1n) is 7.88. The summed E-state index contributed by atoms with van der Waals surface area (Å²) in [4.78, 5) is 42.1. The van der Waals surface area contributed by atoms with Crippen LogP contribution >= 0.6 is 0 Å². The molecule has 0 spiro atoms. The number of H-pyrrole nitrogens is 1. The fourth-order valence-corrected chi connectivity index (χ4v) is 3.30. The highest BCUT2D eigenvalue weighted by Crippen LogP contribution is 2.26. The first-order chi connectivity index (χ1) is 11.6. The zero-order chi connectivity index (χ0) is 16.8. The lowest BCUT2D eigenvalue weighted by Gasteiger charge is -2.42. The van der Waals surface area contributed by atoms with Gasteiger partial charge in [0.15, 0.2) is 0 Å². The summed E-state index contributed by atoms with van der Waals surface area (Å²) in [6, 6.07) is 7.20. The zero-order valence-corrected chi connectivity index (χ0v) is 13.2. The zero-order valence-electron chi connectivity index (χ0n) is 13.2. The number of carbonyl (C=O) groups is 3. The summed E-state index contributed by atoms with van der Waals surface area (Å²) in [7, 11) is 1.59. The first-order valence-corrected chi connectivity index (χ1v) is 7.88. The predicted octanol–water partition coefficient (Wildman–Crippen LogP) is 1.15. The lowest BCUT2D eigenvalue weighted by Crippen LogP contribution is -2.62. The molecule has 2 saturated heterocycles. The summed E-state index contributed by atoms with van der Waals surface area (Å²) >= 11 is 0. The highest BCUT2D eigenvalue weighted by Gasteiger charge is 2.43. The monoisotopic (exact) mass is 327 g/mol. The predicted molar refractivity (Wildman–Crippen MR) is 85.6 cm³/mol. The third-order valence-electron chi connectivity index (χ3n) is 4.66. The van der Waals surface area contributed by atoms with Gasteiger partial charge in [0.25, 0.3) is 5.91 Å². The second-order valence-electron chi connectivity index (χ2n) is 6.16. The lowest BCUT2D eigenvalue weighted by molar-refractivity contribution is -0.144. The standard InChI is InChI=1S/C17H17N3O4/c1-24-12-3-2-10-6-14(18-13(10)7-12)17(23)19-8-11(9-19)20-15(21)4-5-16(20)22/h2-3,6-7,11,18H,4-5,8-9H2,1H3. The molecule has 2 fully saturated rings. The van der Waals surface area contributed by atoms with Crippen LogP contribution in [-0.4, -0.2) is 58.7 Å². The fraction of sp³-hybridized carbons (Fsp3) is 0.353. The van der Waals surface area contributed by atoms with Gasteiger partial charge >= 0.3 is 0 Å². The van der Waals surface area contributed by atoms with Crippen LogP contribution in [0.15, 0.2) is 24.3 Å². The quantitative estimate of drug-likeness (QED) is 0.857. The summed E-state index contributed by atoms with van der Waals surface area (Å²) in [6.07, 6.45) is 0.570. The highest BCUT2D eigenvalue weighted by molar-refractivity contribution is 6.03. The largest absolute Gasteiger partial charge is 0.497 e. The third kappa shape index (κ3) is 2.24. The van der Waals surface area contributed by atoms with E-state index in [0.717, 1.165) is 16.7 Å². The number of ether oxygens (including phenoxy) is 1. The van der Waals surface area contributed by atoms with E-state index in [-0.39, 0.29) is 36.6 Å². The summed E-state index contributed by atoms with van der Waals surface area (Å²) < 4.78 is 5.18. The molecular weight excluding hydrogens is 310 g/mol. The molecule has 0 aliphatic carbocycles. The summed E-state index contributed by atoms with van der Waals surface area (Å²) in [5.74, 6) is 0.337. The minimum atomic E-state index is -0.180. The van der Waals surface area contributed by atoms with E-state index in [1.807, 2.05) is 18.2 Å². The Kier molecular flexibility index (Phi) is 3.30. The molecule has 24 heavy (non-hydrogen) atoms. The number of aromatic nitrogens is 1. The third-order valence-corrected chi connectivity index (χ3v) is 4.66. The Morgan fingerprint density at radius 1 is 1.17 bits per heavy atom. The van der Waals surface area contributed by atoms with Gasteiger partial charge < -0.3 is 14.6 Å². The molecule has 3 amide bonds. The maximum atomic E-state index is 12.5. The molecule has 4 rings (SSSR count). The number of imide groups is 1. The number of fused-ring (bicyclic) bond motifs is 1. The van der Waals surface area contributed by atoms with Crippen molar-refractivity contribution >= 4 is 28.6 Å². The molecule has 7 heteroatoms. The molecule has 7 nitrogen and oxygen atoms in total. The molecule has 2 aliphatic heterocycles. The number of benzene rings is 1. The van der Waals surface area contributed by atoms with Gasteiger partial charge in [-0.25, -0.2) is 0 Å². The van der Waals surface area contributed by atoms with Gasteiger partial charge in [0.2, 0.25) is 11.8 Å². The molecule has 2 aromatic rings. The van der Waals surface area contributed by atoms with Crippen molar-refractivity contribution in [3.8, 4) is 5.75 Å². The molecule has 1 aromatic heterocycles. The van der Waals surface area contributed by atoms with Crippen LogP contribution in [0.4, 0.5) is 0 Å². The van der Waals surface area contributed by atoms with Crippen LogP contribution < -0.4 is 4.74 Å². The number of hydrogen-bond donors (Lipinski definition) is 1. The number of amides is 3. The van der Waals surface area contributed by atoms with Crippen LogP contribution in [-0.2, 0) is 9.59 Å². The number of aromatic amines is 1. The Balaban J connectivity index is 1.47. The number of likely N-dealkylation sites (tertiary alicyclic amines) is 2. The smallest absolute Gasteiger partial charge is 0.270 e. The average Bonchev–Trinajstić information content (AvgIpc) is 3.10. The van der Waals surface area contributed by atoms with Gasteiger partial charge in [0.1, 0.15) is 11.4 Å². The second-order valence-corrected chi connectivity index (χ2v) is 6.16. The minimum Gasteiger partial charge on any atom is -0.497 e. The molecule has 0 unspecified atom stereocenters. The lowest BCUT2D eigenvalue weighted by atomic mass is 10.1. The molecule has 3 heterocycles. The molecular formula is C17H17N3O4. The van der Waals surface area contributed by atoms with Crippen molar-refractivity contribution in [2.45, 2.75) is 18.9 Å². The van der Waals surface area contributed by atoms with Crippen molar-refractivity contribution in [2.24, 2.45) is 0 Å². The molecule has 1 aromatic carbocycles. The van der Waals surface area contributed by atoms with Gasteiger partial charge in [-0.15, -0.1) is 0 Å². The molecule has 0 bridgehead atoms. The van der Waals surface area contributed by atoms with Gasteiger partial charge in [-0.3, -0.25) is 19.3 Å². The fourth-order valence-electron chi connectivity index (χ4n) is 3.30. The van der Waals surface area contributed by atoms with Crippen molar-refractivity contribution < 1.29 is 19.1 Å². The van der Waals surface area contributed by atoms with Crippen molar-refractivity contribution in [3.05, 3.63) is 30.0 Å². The van der Waals surface area contributed by atoms with E-state index < -0.39 is 0 Å². The summed E-state index contributed by atoms with van der Waals surface area (Å²) in [5, 5.41) is 0.932. The Labute approximate surface area is 138 Å². The van der Waals surface area contributed by atoms with E-state index in [1.54, 1.807) is 18.1 Å². The van der Waals surface area contributed by atoms with E-state index in [2.05, 4.69) is 4.98 Å². The van der Waals surface area contributed by atoms with Gasteiger partial charge in [-0.1, -0.05) is 0 Å². The second kappa shape index (κ2) is 5.36. The van der Waals surface area contributed by atoms with Gasteiger partial charge in [-0.05, 0) is 18.2 Å². The number of hydrogen-bond acceptors (Lipinski definition) is 4. The van der Waals surface area contributed by atoms with E-state index in [0.29, 0.717) is 18.8 Å². The maximum Gasteiger partial charge on any atom is 0.270 e. The molecule has 124 valence electrons. The normalized spacial score (nSPS) is 18.4. The van der Waals surface area contributed by atoms with E-state index in [4.69, 9.17) is 4.74 Å². The maximum absolute atomic E-state index is 12.5. The highest BCUT2D eigenvalue weighted by atomic mass is 16.5. The number of methoxy groups -OCH3 is 1. The number of nitrogens with one attached hydrogen (secondary N) is 1. The van der Waals surface area contributed by atoms with Crippen molar-refractivity contribution in [3.63, 3.8) is 0 Å². The van der Waals surface area contributed by atoms with Gasteiger partial charge in [0, 0.05) is 42.9 Å². The van der Waals surface area contributed by atoms with Crippen molar-refractivity contribution in [1.29, 1.82) is 0 Å².